The summed E-state index contributed by atoms with van der Waals surface area (Å²) < 4.78 is 2.41. The fraction of sp³-hybridized carbons (Fsp3) is 0.357. The summed E-state index contributed by atoms with van der Waals surface area (Å²) in [6.45, 7) is 16.2. The normalized spacial score (nSPS) is 12.0. The molecule has 0 aliphatic rings. The van der Waals surface area contributed by atoms with Gasteiger partial charge in [0, 0.05) is 38.1 Å². The Morgan fingerprint density at radius 2 is 1.66 bits per heavy atom. The molecule has 2 heterocycles. The van der Waals surface area contributed by atoms with Crippen molar-refractivity contribution in [2.24, 2.45) is 5.41 Å². The zero-order chi connectivity index (χ0) is 23.2. The van der Waals surface area contributed by atoms with Crippen LogP contribution in [0.25, 0.3) is 38.8 Å². The molecule has 0 atom stereocenters. The van der Waals surface area contributed by atoms with Crippen LogP contribution in [0, 0.1) is 12.3 Å². The molecule has 0 amide bonds. The number of imidazole rings is 1. The summed E-state index contributed by atoms with van der Waals surface area (Å²) >= 11 is 0. The predicted molar refractivity (Wildman–Crippen MR) is 137 cm³/mol. The number of fused-ring (bicyclic) bond motifs is 3. The highest BCUT2D eigenvalue weighted by molar-refractivity contribution is 6.04. The lowest BCUT2D eigenvalue weighted by Gasteiger charge is -2.21. The minimum Gasteiger partial charge on any atom is -0.378 e. The van der Waals surface area contributed by atoms with E-state index in [1.807, 2.05) is 19.0 Å². The number of aryl methyl sites for hydroxylation is 2. The molecule has 0 saturated carbocycles. The van der Waals surface area contributed by atoms with Crippen LogP contribution in [0.2, 0.25) is 0 Å². The zero-order valence-corrected chi connectivity index (χ0v) is 20.5. The lowest BCUT2D eigenvalue weighted by molar-refractivity contribution is 0.343. The molecule has 0 saturated heterocycles. The van der Waals surface area contributed by atoms with Crippen LogP contribution in [-0.4, -0.2) is 33.5 Å². The average Bonchev–Trinajstić information content (AvgIpc) is 3.10. The van der Waals surface area contributed by atoms with Crippen LogP contribution in [0.5, 0.6) is 0 Å². The molecule has 0 unspecified atom stereocenters. The van der Waals surface area contributed by atoms with Crippen LogP contribution in [0.15, 0.2) is 49.0 Å². The van der Waals surface area contributed by atoms with Gasteiger partial charge in [0.15, 0.2) is 0 Å². The lowest BCUT2D eigenvalue weighted by Crippen LogP contribution is -2.17. The van der Waals surface area contributed by atoms with E-state index in [-0.39, 0.29) is 5.41 Å². The number of pyridine rings is 1. The van der Waals surface area contributed by atoms with Crippen LogP contribution in [-0.2, 0) is 13.0 Å². The Bertz CT molecular complexity index is 1300. The van der Waals surface area contributed by atoms with Gasteiger partial charge in [0.2, 0.25) is 0 Å². The van der Waals surface area contributed by atoms with E-state index in [2.05, 4.69) is 88.2 Å². The maximum atomic E-state index is 4.97. The Morgan fingerprint density at radius 3 is 2.25 bits per heavy atom. The lowest BCUT2D eigenvalue weighted by atomic mass is 9.96. The molecular formula is C28H34N4. The van der Waals surface area contributed by atoms with Gasteiger partial charge in [0.25, 0.3) is 0 Å². The quantitative estimate of drug-likeness (QED) is 0.356. The molecule has 2 aromatic heterocycles. The first-order valence-corrected chi connectivity index (χ1v) is 11.4. The Balaban J connectivity index is 1.86. The molecule has 166 valence electrons. The summed E-state index contributed by atoms with van der Waals surface area (Å²) in [5.41, 5.74) is 8.90. The first-order valence-electron chi connectivity index (χ1n) is 11.4. The fourth-order valence-electron chi connectivity index (χ4n) is 4.29. The second kappa shape index (κ2) is 8.09. The van der Waals surface area contributed by atoms with Gasteiger partial charge in [-0.2, -0.15) is 0 Å². The molecule has 0 fully saturated rings. The van der Waals surface area contributed by atoms with Gasteiger partial charge in [-0.05, 0) is 35.1 Å². The number of benzene rings is 2. The maximum absolute atomic E-state index is 4.97. The maximum Gasteiger partial charge on any atom is 0.111 e. The SMILES string of the molecule is C=C(c1ccc(-c2ccc3c(c2)nc(C)c2nc(CC)n(CC(C)(C)C)c23)cc1)N(C)C. The number of hydrogen-bond acceptors (Lipinski definition) is 3. The minimum atomic E-state index is 0.166. The van der Waals surface area contributed by atoms with E-state index >= 15 is 0 Å². The summed E-state index contributed by atoms with van der Waals surface area (Å²) in [7, 11) is 4.03. The highest BCUT2D eigenvalue weighted by Crippen LogP contribution is 2.33. The molecule has 32 heavy (non-hydrogen) atoms. The van der Waals surface area contributed by atoms with Crippen LogP contribution in [0.1, 0.15) is 44.8 Å². The van der Waals surface area contributed by atoms with Crippen molar-refractivity contribution in [1.82, 2.24) is 19.4 Å². The van der Waals surface area contributed by atoms with E-state index in [9.17, 15) is 0 Å². The van der Waals surface area contributed by atoms with E-state index in [0.717, 1.165) is 46.8 Å². The van der Waals surface area contributed by atoms with Crippen LogP contribution >= 0.6 is 0 Å². The molecule has 0 N–H and O–H groups in total. The standard InChI is InChI=1S/C28H34N4/c1-9-25-30-26-18(2)29-24-16-22(21-12-10-20(11-13-21)19(3)31(7)8)14-15-23(24)27(26)32(25)17-28(4,5)6/h10-16H,3,9,17H2,1-2,4-8H3. The smallest absolute Gasteiger partial charge is 0.111 e. The zero-order valence-electron chi connectivity index (χ0n) is 20.5. The number of nitrogens with zero attached hydrogens (tertiary/aromatic N) is 4. The van der Waals surface area contributed by atoms with Crippen molar-refractivity contribution in [3.8, 4) is 11.1 Å². The van der Waals surface area contributed by atoms with E-state index in [1.54, 1.807) is 0 Å². The summed E-state index contributed by atoms with van der Waals surface area (Å²) in [6.07, 6.45) is 0.911. The molecule has 4 heteroatoms. The first kappa shape index (κ1) is 22.1. The van der Waals surface area contributed by atoms with Gasteiger partial charge >= 0.3 is 0 Å². The van der Waals surface area contributed by atoms with Gasteiger partial charge in [-0.15, -0.1) is 0 Å². The van der Waals surface area contributed by atoms with Gasteiger partial charge in [0.05, 0.1) is 16.7 Å². The van der Waals surface area contributed by atoms with Crippen molar-refractivity contribution in [2.75, 3.05) is 14.1 Å². The molecule has 2 aromatic carbocycles. The summed E-state index contributed by atoms with van der Waals surface area (Å²) in [6, 6.07) is 15.2. The van der Waals surface area contributed by atoms with Crippen LogP contribution < -0.4 is 0 Å². The Kier molecular flexibility index (Phi) is 5.58. The van der Waals surface area contributed by atoms with Gasteiger partial charge < -0.3 is 9.47 Å². The van der Waals surface area contributed by atoms with Crippen molar-refractivity contribution < 1.29 is 0 Å². The molecule has 0 aliphatic heterocycles. The van der Waals surface area contributed by atoms with E-state index in [1.165, 1.54) is 22.0 Å². The number of aromatic nitrogens is 3. The second-order valence-electron chi connectivity index (χ2n) is 10.1. The van der Waals surface area contributed by atoms with Crippen LogP contribution in [0.3, 0.4) is 0 Å². The average molecular weight is 427 g/mol. The highest BCUT2D eigenvalue weighted by Gasteiger charge is 2.20. The third-order valence-electron chi connectivity index (χ3n) is 5.97. The number of rotatable bonds is 5. The van der Waals surface area contributed by atoms with E-state index < -0.39 is 0 Å². The largest absolute Gasteiger partial charge is 0.378 e. The van der Waals surface area contributed by atoms with Gasteiger partial charge in [-0.25, -0.2) is 4.98 Å². The van der Waals surface area contributed by atoms with E-state index in [4.69, 9.17) is 9.97 Å². The monoisotopic (exact) mass is 426 g/mol. The second-order valence-corrected chi connectivity index (χ2v) is 10.1. The number of hydrogen-bond donors (Lipinski definition) is 0. The van der Waals surface area contributed by atoms with Crippen molar-refractivity contribution in [2.45, 2.75) is 47.6 Å². The molecule has 0 aliphatic carbocycles. The van der Waals surface area contributed by atoms with Gasteiger partial charge in [-0.3, -0.25) is 4.98 Å². The van der Waals surface area contributed by atoms with Crippen LogP contribution in [0.4, 0.5) is 0 Å². The summed E-state index contributed by atoms with van der Waals surface area (Å²) in [5, 5.41) is 1.17. The fourth-order valence-corrected chi connectivity index (χ4v) is 4.29. The molecule has 4 nitrogen and oxygen atoms in total. The molecule has 0 spiro atoms. The summed E-state index contributed by atoms with van der Waals surface area (Å²) in [5.74, 6) is 1.13. The molecule has 0 radical (unpaired) electrons. The third kappa shape index (κ3) is 4.02. The molecule has 4 rings (SSSR count). The Labute approximate surface area is 191 Å². The highest BCUT2D eigenvalue weighted by atomic mass is 15.1. The van der Waals surface area contributed by atoms with Gasteiger partial charge in [-0.1, -0.05) is 70.7 Å². The van der Waals surface area contributed by atoms with Crippen molar-refractivity contribution in [1.29, 1.82) is 0 Å². The molecular weight excluding hydrogens is 392 g/mol. The van der Waals surface area contributed by atoms with E-state index in [0.29, 0.717) is 0 Å². The minimum absolute atomic E-state index is 0.166. The first-order chi connectivity index (χ1) is 15.1. The summed E-state index contributed by atoms with van der Waals surface area (Å²) in [4.78, 5) is 12.0. The van der Waals surface area contributed by atoms with Crippen molar-refractivity contribution in [3.63, 3.8) is 0 Å². The van der Waals surface area contributed by atoms with Crippen molar-refractivity contribution >= 4 is 27.6 Å². The van der Waals surface area contributed by atoms with Crippen molar-refractivity contribution in [3.05, 3.63) is 66.1 Å². The topological polar surface area (TPSA) is 34.0 Å². The van der Waals surface area contributed by atoms with Gasteiger partial charge in [0.1, 0.15) is 11.3 Å². The molecule has 4 aromatic rings. The predicted octanol–water partition coefficient (Wildman–Crippen LogP) is 6.70. The molecule has 0 bridgehead atoms. The Hall–Kier alpha value is -3.14. The third-order valence-corrected chi connectivity index (χ3v) is 5.97. The Morgan fingerprint density at radius 1 is 1.00 bits per heavy atom.